The number of ether oxygens (including phenoxy) is 1. The van der Waals surface area contributed by atoms with Crippen molar-refractivity contribution in [1.82, 2.24) is 4.98 Å². The summed E-state index contributed by atoms with van der Waals surface area (Å²) in [6, 6.07) is 16.3. The van der Waals surface area contributed by atoms with Crippen molar-refractivity contribution >= 4 is 40.3 Å². The van der Waals surface area contributed by atoms with Crippen LogP contribution in [0.2, 0.25) is 0 Å². The molecule has 2 amide bonds. The van der Waals surface area contributed by atoms with E-state index >= 15 is 0 Å². The summed E-state index contributed by atoms with van der Waals surface area (Å²) in [6.07, 6.45) is 2.46. The zero-order valence-corrected chi connectivity index (χ0v) is 24.1. The lowest BCUT2D eigenvalue weighted by molar-refractivity contribution is 0.0981. The highest BCUT2D eigenvalue weighted by atomic mass is 32.1. The number of thiophene rings is 1. The summed E-state index contributed by atoms with van der Waals surface area (Å²) < 4.78 is 34.4. The summed E-state index contributed by atoms with van der Waals surface area (Å²) in [5, 5.41) is 2.69. The van der Waals surface area contributed by atoms with Crippen LogP contribution in [0.15, 0.2) is 60.7 Å². The standard InChI is InChI=1S/C32H30F2N4O3S/c1-19-6-3-8-24(34)29(19)36-31(39)27-16-20-13-15-38(26-17-21(33)11-12-23(26)30(20)42-27)32(40)25-9-4-10-28(35-25)37-14-5-7-22(37)18-41-2/h3-4,6,8-12,16-17,22H,5,7,13-15,18H2,1-2H3,(H,36,39)/t22-/m1/s1. The van der Waals surface area contributed by atoms with Crippen molar-refractivity contribution in [3.05, 3.63) is 94.0 Å². The molecule has 0 radical (unpaired) electrons. The molecular weight excluding hydrogens is 558 g/mol. The normalized spacial score (nSPS) is 16.1. The fourth-order valence-electron chi connectivity index (χ4n) is 5.75. The molecule has 0 saturated carbocycles. The van der Waals surface area contributed by atoms with E-state index in [0.29, 0.717) is 34.7 Å². The second kappa shape index (κ2) is 11.6. The second-order valence-electron chi connectivity index (χ2n) is 10.5. The van der Waals surface area contributed by atoms with Gasteiger partial charge in [0.05, 0.1) is 28.9 Å². The molecule has 0 unspecified atom stereocenters. The third-order valence-corrected chi connectivity index (χ3v) is 9.03. The number of benzene rings is 2. The smallest absolute Gasteiger partial charge is 0.276 e. The van der Waals surface area contributed by atoms with Crippen LogP contribution >= 0.6 is 11.3 Å². The lowest BCUT2D eigenvalue weighted by atomic mass is 10.1. The monoisotopic (exact) mass is 588 g/mol. The number of hydrogen-bond acceptors (Lipinski definition) is 6. The molecule has 10 heteroatoms. The van der Waals surface area contributed by atoms with Gasteiger partial charge in [0.15, 0.2) is 0 Å². The number of carbonyl (C=O) groups excluding carboxylic acids is 2. The number of pyridine rings is 1. The SMILES string of the molecule is COC[C@H]1CCCN1c1cccc(C(=O)N2CCc3cc(C(=O)Nc4c(C)cccc4F)sc3-c3ccc(F)cc32)n1. The van der Waals surface area contributed by atoms with E-state index in [0.717, 1.165) is 35.6 Å². The molecule has 4 aromatic rings. The summed E-state index contributed by atoms with van der Waals surface area (Å²) in [7, 11) is 1.68. The van der Waals surface area contributed by atoms with Gasteiger partial charge in [-0.3, -0.25) is 9.59 Å². The number of hydrogen-bond donors (Lipinski definition) is 1. The molecule has 1 fully saturated rings. The van der Waals surface area contributed by atoms with Crippen molar-refractivity contribution in [1.29, 1.82) is 0 Å². The molecule has 4 heterocycles. The highest BCUT2D eigenvalue weighted by molar-refractivity contribution is 7.17. The Hall–Kier alpha value is -4.15. The van der Waals surface area contributed by atoms with Crippen molar-refractivity contribution < 1.29 is 23.1 Å². The van der Waals surface area contributed by atoms with Crippen molar-refractivity contribution in [3.63, 3.8) is 0 Å². The molecule has 1 atom stereocenters. The zero-order valence-electron chi connectivity index (χ0n) is 23.3. The first-order valence-corrected chi connectivity index (χ1v) is 14.7. The molecule has 216 valence electrons. The number of carbonyl (C=O) groups is 2. The van der Waals surface area contributed by atoms with Gasteiger partial charge in [0.1, 0.15) is 23.1 Å². The van der Waals surface area contributed by atoms with E-state index in [-0.39, 0.29) is 29.9 Å². The Morgan fingerprint density at radius 2 is 1.93 bits per heavy atom. The summed E-state index contributed by atoms with van der Waals surface area (Å²) >= 11 is 1.24. The quantitative estimate of drug-likeness (QED) is 0.280. The van der Waals surface area contributed by atoms with Gasteiger partial charge in [0.2, 0.25) is 0 Å². The Labute approximate surface area is 246 Å². The van der Waals surface area contributed by atoms with Crippen molar-refractivity contribution in [2.24, 2.45) is 0 Å². The van der Waals surface area contributed by atoms with E-state index in [1.54, 1.807) is 49.3 Å². The van der Waals surface area contributed by atoms with Crippen LogP contribution < -0.4 is 15.1 Å². The summed E-state index contributed by atoms with van der Waals surface area (Å²) in [4.78, 5) is 36.7. The molecule has 2 aromatic heterocycles. The van der Waals surface area contributed by atoms with E-state index in [4.69, 9.17) is 9.72 Å². The minimum absolute atomic E-state index is 0.141. The van der Waals surface area contributed by atoms with E-state index < -0.39 is 17.5 Å². The van der Waals surface area contributed by atoms with Crippen LogP contribution in [0.4, 0.5) is 26.0 Å². The van der Waals surface area contributed by atoms with Gasteiger partial charge < -0.3 is 19.9 Å². The molecular formula is C32H30F2N4O3S. The lowest BCUT2D eigenvalue weighted by Crippen LogP contribution is -2.35. The minimum atomic E-state index is -0.506. The van der Waals surface area contributed by atoms with Crippen molar-refractivity contribution in [3.8, 4) is 10.4 Å². The molecule has 0 aliphatic carbocycles. The number of nitrogens with one attached hydrogen (secondary N) is 1. The predicted molar refractivity (Wildman–Crippen MR) is 161 cm³/mol. The van der Waals surface area contributed by atoms with Gasteiger partial charge in [0.25, 0.3) is 11.8 Å². The van der Waals surface area contributed by atoms with E-state index in [1.165, 1.54) is 29.5 Å². The van der Waals surface area contributed by atoms with Gasteiger partial charge in [-0.05, 0) is 79.8 Å². The summed E-state index contributed by atoms with van der Waals surface area (Å²) in [5.41, 5.74) is 2.97. The van der Waals surface area contributed by atoms with Gasteiger partial charge in [0, 0.05) is 30.6 Å². The maximum atomic E-state index is 14.6. The van der Waals surface area contributed by atoms with Crippen LogP contribution in [0.1, 0.15) is 44.1 Å². The maximum absolute atomic E-state index is 14.6. The third kappa shape index (κ3) is 5.28. The van der Waals surface area contributed by atoms with Crippen molar-refractivity contribution in [2.75, 3.05) is 41.9 Å². The average Bonchev–Trinajstić information content (AvgIpc) is 3.60. The Balaban J connectivity index is 1.31. The molecule has 6 rings (SSSR count). The third-order valence-electron chi connectivity index (χ3n) is 7.82. The number of aryl methyl sites for hydroxylation is 1. The predicted octanol–water partition coefficient (Wildman–Crippen LogP) is 6.47. The minimum Gasteiger partial charge on any atom is -0.383 e. The highest BCUT2D eigenvalue weighted by Crippen LogP contribution is 2.42. The van der Waals surface area contributed by atoms with Crippen molar-refractivity contribution in [2.45, 2.75) is 32.2 Å². The molecule has 0 spiro atoms. The lowest BCUT2D eigenvalue weighted by Gasteiger charge is -2.26. The van der Waals surface area contributed by atoms with E-state index in [1.807, 2.05) is 12.1 Å². The molecule has 7 nitrogen and oxygen atoms in total. The summed E-state index contributed by atoms with van der Waals surface area (Å²) in [5.74, 6) is -1.01. The summed E-state index contributed by atoms with van der Waals surface area (Å²) in [6.45, 7) is 3.42. The number of anilines is 3. The molecule has 2 aliphatic rings. The first-order chi connectivity index (χ1) is 20.3. The number of amides is 2. The van der Waals surface area contributed by atoms with Gasteiger partial charge in [-0.2, -0.15) is 0 Å². The number of fused-ring (bicyclic) bond motifs is 3. The number of aromatic nitrogens is 1. The molecule has 1 saturated heterocycles. The number of para-hydroxylation sites is 1. The van der Waals surface area contributed by atoms with E-state index in [9.17, 15) is 18.4 Å². The first kappa shape index (κ1) is 28.0. The molecule has 1 N–H and O–H groups in total. The maximum Gasteiger partial charge on any atom is 0.276 e. The average molecular weight is 589 g/mol. The number of halogens is 2. The number of rotatable bonds is 6. The Bertz CT molecular complexity index is 1650. The van der Waals surface area contributed by atoms with Gasteiger partial charge in [-0.15, -0.1) is 11.3 Å². The molecule has 0 bridgehead atoms. The first-order valence-electron chi connectivity index (χ1n) is 13.9. The van der Waals surface area contributed by atoms with E-state index in [2.05, 4.69) is 10.2 Å². The number of methoxy groups -OCH3 is 1. The van der Waals surface area contributed by atoms with Gasteiger partial charge in [-0.1, -0.05) is 18.2 Å². The van der Waals surface area contributed by atoms with Crippen LogP contribution in [-0.2, 0) is 11.2 Å². The van der Waals surface area contributed by atoms with Gasteiger partial charge >= 0.3 is 0 Å². The second-order valence-corrected chi connectivity index (χ2v) is 11.6. The fraction of sp³-hybridized carbons (Fsp3) is 0.281. The van der Waals surface area contributed by atoms with Crippen LogP contribution in [0.5, 0.6) is 0 Å². The Morgan fingerprint density at radius 1 is 1.10 bits per heavy atom. The fourth-order valence-corrected chi connectivity index (χ4v) is 6.89. The molecule has 42 heavy (non-hydrogen) atoms. The molecule has 2 aromatic carbocycles. The Kier molecular flexibility index (Phi) is 7.74. The van der Waals surface area contributed by atoms with Crippen LogP contribution in [-0.4, -0.2) is 49.6 Å². The van der Waals surface area contributed by atoms with Crippen LogP contribution in [0.25, 0.3) is 10.4 Å². The Morgan fingerprint density at radius 3 is 2.74 bits per heavy atom. The van der Waals surface area contributed by atoms with Crippen LogP contribution in [0, 0.1) is 18.6 Å². The zero-order chi connectivity index (χ0) is 29.4. The molecule has 2 aliphatic heterocycles. The highest BCUT2D eigenvalue weighted by Gasteiger charge is 2.30. The largest absolute Gasteiger partial charge is 0.383 e. The topological polar surface area (TPSA) is 74.8 Å². The number of nitrogens with zero attached hydrogens (tertiary/aromatic N) is 3. The van der Waals surface area contributed by atoms with Crippen LogP contribution in [0.3, 0.4) is 0 Å². The van der Waals surface area contributed by atoms with Gasteiger partial charge in [-0.25, -0.2) is 13.8 Å².